The molecular formula is C35H48N4O4S2. The Morgan fingerprint density at radius 3 is 1.84 bits per heavy atom. The summed E-state index contributed by atoms with van der Waals surface area (Å²) in [6.45, 7) is 7.52. The van der Waals surface area contributed by atoms with Crippen molar-refractivity contribution in [2.24, 2.45) is 5.92 Å². The second-order valence-corrected chi connectivity index (χ2v) is 16.7. The van der Waals surface area contributed by atoms with E-state index in [0.29, 0.717) is 37.4 Å². The van der Waals surface area contributed by atoms with Gasteiger partial charge in [-0.2, -0.15) is 8.61 Å². The molecule has 0 unspecified atom stereocenters. The topological polar surface area (TPSA) is 81.2 Å². The van der Waals surface area contributed by atoms with Crippen LogP contribution in [0.2, 0.25) is 0 Å². The van der Waals surface area contributed by atoms with Crippen LogP contribution < -0.4 is 4.90 Å². The molecule has 1 aliphatic carbocycles. The highest BCUT2D eigenvalue weighted by molar-refractivity contribution is 7.89. The third kappa shape index (κ3) is 8.34. The summed E-state index contributed by atoms with van der Waals surface area (Å²) in [7, 11) is -3.85. The van der Waals surface area contributed by atoms with E-state index < -0.39 is 20.0 Å². The van der Waals surface area contributed by atoms with E-state index >= 15 is 0 Å². The molecule has 0 N–H and O–H groups in total. The SMILES string of the molecule is C=C1CN(S(=O)(=O)c2ccc(N(C)C)cc2)CCCN(CC2CCCCC2)CCCN(S(=O)(=O)c2ccc3ccccc3c2)C1. The second-order valence-electron chi connectivity index (χ2n) is 12.8. The van der Waals surface area contributed by atoms with Crippen LogP contribution in [0.3, 0.4) is 0 Å². The van der Waals surface area contributed by atoms with Crippen molar-refractivity contribution < 1.29 is 16.8 Å². The highest BCUT2D eigenvalue weighted by Crippen LogP contribution is 2.27. The standard InChI is InChI=1S/C35H48N4O4S2/c1-29-26-38(44(40,41)34-19-16-33(17-20-34)36(2)3)23-9-21-37(28-30-11-5-4-6-12-30)22-10-24-39(27-29)45(42,43)35-18-15-31-13-7-8-14-32(31)25-35/h7-8,13-20,25,30H,1,4-6,9-12,21-24,26-28H2,2-3H3. The number of sulfonamides is 2. The van der Waals surface area contributed by atoms with E-state index in [2.05, 4.69) is 11.5 Å². The third-order valence-electron chi connectivity index (χ3n) is 9.15. The molecule has 3 aromatic carbocycles. The Morgan fingerprint density at radius 2 is 1.24 bits per heavy atom. The maximum Gasteiger partial charge on any atom is 0.243 e. The van der Waals surface area contributed by atoms with Gasteiger partial charge < -0.3 is 9.80 Å². The van der Waals surface area contributed by atoms with Gasteiger partial charge in [-0.25, -0.2) is 16.8 Å². The average Bonchev–Trinajstić information content (AvgIpc) is 3.03. The van der Waals surface area contributed by atoms with Crippen LogP contribution >= 0.6 is 0 Å². The van der Waals surface area contributed by atoms with E-state index in [1.807, 2.05) is 61.5 Å². The molecule has 0 atom stereocenters. The Balaban J connectivity index is 1.43. The van der Waals surface area contributed by atoms with Gasteiger partial charge in [0.1, 0.15) is 0 Å². The lowest BCUT2D eigenvalue weighted by Gasteiger charge is -2.33. The Bertz CT molecular complexity index is 1670. The first-order chi connectivity index (χ1) is 21.5. The van der Waals surface area contributed by atoms with Crippen molar-refractivity contribution in [3.05, 3.63) is 78.9 Å². The molecule has 0 spiro atoms. The van der Waals surface area contributed by atoms with Crippen molar-refractivity contribution in [1.29, 1.82) is 0 Å². The highest BCUT2D eigenvalue weighted by Gasteiger charge is 2.30. The minimum atomic E-state index is -3.86. The molecular weight excluding hydrogens is 605 g/mol. The van der Waals surface area contributed by atoms with E-state index in [0.717, 1.165) is 36.1 Å². The average molecular weight is 653 g/mol. The van der Waals surface area contributed by atoms with Gasteiger partial charge in [-0.15, -0.1) is 0 Å². The fraction of sp³-hybridized carbons (Fsp3) is 0.486. The monoisotopic (exact) mass is 652 g/mol. The summed E-state index contributed by atoms with van der Waals surface area (Å²) in [5.41, 5.74) is 1.47. The lowest BCUT2D eigenvalue weighted by atomic mass is 9.89. The van der Waals surface area contributed by atoms with Crippen LogP contribution in [0.1, 0.15) is 44.9 Å². The van der Waals surface area contributed by atoms with E-state index in [4.69, 9.17) is 0 Å². The van der Waals surface area contributed by atoms with Crippen LogP contribution in [0.5, 0.6) is 0 Å². The molecule has 5 rings (SSSR count). The first-order valence-electron chi connectivity index (χ1n) is 16.2. The zero-order valence-electron chi connectivity index (χ0n) is 26.8. The van der Waals surface area contributed by atoms with E-state index in [1.54, 1.807) is 24.3 Å². The summed E-state index contributed by atoms with van der Waals surface area (Å²) in [6, 6.07) is 19.9. The predicted molar refractivity (Wildman–Crippen MR) is 184 cm³/mol. The first kappa shape index (κ1) is 33.6. The largest absolute Gasteiger partial charge is 0.378 e. The lowest BCUT2D eigenvalue weighted by molar-refractivity contribution is 0.188. The van der Waals surface area contributed by atoms with Crippen molar-refractivity contribution in [2.75, 3.05) is 64.8 Å². The fourth-order valence-electron chi connectivity index (χ4n) is 6.63. The molecule has 0 aromatic heterocycles. The zero-order chi connectivity index (χ0) is 32.0. The molecule has 8 nitrogen and oxygen atoms in total. The smallest absolute Gasteiger partial charge is 0.243 e. The molecule has 10 heteroatoms. The molecule has 1 heterocycles. The molecule has 1 saturated carbocycles. The summed E-state index contributed by atoms with van der Waals surface area (Å²) in [5.74, 6) is 0.638. The fourth-order valence-corrected chi connectivity index (χ4v) is 9.67. The van der Waals surface area contributed by atoms with Crippen LogP contribution in [0.4, 0.5) is 5.69 Å². The lowest BCUT2D eigenvalue weighted by Crippen LogP contribution is -2.42. The van der Waals surface area contributed by atoms with Gasteiger partial charge >= 0.3 is 0 Å². The van der Waals surface area contributed by atoms with Crippen LogP contribution in [0.15, 0.2) is 88.7 Å². The minimum absolute atomic E-state index is 0.0589. The quantitative estimate of drug-likeness (QED) is 0.300. The molecule has 45 heavy (non-hydrogen) atoms. The highest BCUT2D eigenvalue weighted by atomic mass is 32.2. The number of fused-ring (bicyclic) bond motifs is 1. The van der Waals surface area contributed by atoms with Crippen LogP contribution in [-0.2, 0) is 20.0 Å². The first-order valence-corrected chi connectivity index (χ1v) is 19.1. The molecule has 2 aliphatic rings. The molecule has 2 fully saturated rings. The number of nitrogens with zero attached hydrogens (tertiary/aromatic N) is 4. The summed E-state index contributed by atoms with van der Waals surface area (Å²) in [4.78, 5) is 4.84. The summed E-state index contributed by atoms with van der Waals surface area (Å²) in [6.07, 6.45) is 7.67. The molecule has 0 amide bonds. The van der Waals surface area contributed by atoms with Crippen molar-refractivity contribution in [1.82, 2.24) is 13.5 Å². The molecule has 1 aliphatic heterocycles. The summed E-state index contributed by atoms with van der Waals surface area (Å²) in [5, 5.41) is 1.84. The van der Waals surface area contributed by atoms with Gasteiger partial charge in [0.25, 0.3) is 0 Å². The predicted octanol–water partition coefficient (Wildman–Crippen LogP) is 5.82. The maximum atomic E-state index is 14.1. The van der Waals surface area contributed by atoms with Gasteiger partial charge in [0, 0.05) is 52.5 Å². The molecule has 0 bridgehead atoms. The molecule has 0 radical (unpaired) electrons. The number of benzene rings is 3. The maximum absolute atomic E-state index is 14.1. The van der Waals surface area contributed by atoms with Crippen molar-refractivity contribution in [3.8, 4) is 0 Å². The van der Waals surface area contributed by atoms with Crippen LogP contribution in [0.25, 0.3) is 10.8 Å². The van der Waals surface area contributed by atoms with Crippen molar-refractivity contribution in [3.63, 3.8) is 0 Å². The van der Waals surface area contributed by atoms with Gasteiger partial charge in [0.15, 0.2) is 0 Å². The Morgan fingerprint density at radius 1 is 0.689 bits per heavy atom. The van der Waals surface area contributed by atoms with Crippen molar-refractivity contribution >= 4 is 36.5 Å². The Labute approximate surface area is 270 Å². The van der Waals surface area contributed by atoms with Gasteiger partial charge in [-0.1, -0.05) is 56.2 Å². The number of anilines is 1. The summed E-state index contributed by atoms with van der Waals surface area (Å²) < 4.78 is 59.2. The zero-order valence-corrected chi connectivity index (χ0v) is 28.4. The minimum Gasteiger partial charge on any atom is -0.378 e. The summed E-state index contributed by atoms with van der Waals surface area (Å²) >= 11 is 0. The van der Waals surface area contributed by atoms with Crippen LogP contribution in [0, 0.1) is 5.92 Å². The van der Waals surface area contributed by atoms with E-state index in [1.165, 1.54) is 40.7 Å². The van der Waals surface area contributed by atoms with E-state index in [9.17, 15) is 16.8 Å². The van der Waals surface area contributed by atoms with E-state index in [-0.39, 0.29) is 22.9 Å². The third-order valence-corrected chi connectivity index (χ3v) is 12.9. The van der Waals surface area contributed by atoms with Gasteiger partial charge in [0.2, 0.25) is 20.0 Å². The number of hydrogen-bond acceptors (Lipinski definition) is 6. The number of rotatable bonds is 7. The second kappa shape index (κ2) is 14.8. The van der Waals surface area contributed by atoms with Crippen molar-refractivity contribution in [2.45, 2.75) is 54.7 Å². The molecule has 244 valence electrons. The Kier molecular flexibility index (Phi) is 11.0. The molecule has 1 saturated heterocycles. The van der Waals surface area contributed by atoms with Gasteiger partial charge in [-0.3, -0.25) is 0 Å². The Hall–Kier alpha value is -2.76. The molecule has 3 aromatic rings. The van der Waals surface area contributed by atoms with Gasteiger partial charge in [-0.05, 0) is 97.4 Å². The van der Waals surface area contributed by atoms with Crippen LogP contribution in [-0.4, -0.2) is 90.3 Å². The van der Waals surface area contributed by atoms with Gasteiger partial charge in [0.05, 0.1) is 9.79 Å². The normalized spacial score (nSPS) is 19.6. The number of hydrogen-bond donors (Lipinski definition) is 0.